The number of nitrogens with one attached hydrogen (secondary N) is 1. The minimum Gasteiger partial charge on any atom is -0.333 e. The molecule has 0 unspecified atom stereocenters. The number of rotatable bonds is 2. The Kier molecular flexibility index (Phi) is 6.30. The molecule has 2 fully saturated rings. The van der Waals surface area contributed by atoms with E-state index in [-0.39, 0.29) is 36.8 Å². The summed E-state index contributed by atoms with van der Waals surface area (Å²) in [5.74, 6) is 0.701. The summed E-state index contributed by atoms with van der Waals surface area (Å²) in [6.45, 7) is 6.68. The van der Waals surface area contributed by atoms with Crippen molar-refractivity contribution in [3.63, 3.8) is 0 Å². The van der Waals surface area contributed by atoms with Gasteiger partial charge in [0.25, 0.3) is 5.91 Å². The van der Waals surface area contributed by atoms with Crippen LogP contribution in [-0.4, -0.2) is 41.5 Å². The quantitative estimate of drug-likeness (QED) is 0.862. The number of halogens is 2. The van der Waals surface area contributed by atoms with E-state index >= 15 is 0 Å². The highest BCUT2D eigenvalue weighted by atomic mass is 35.5. The number of pyridine rings is 1. The SMILES string of the molecule is Cc1ccc2nc(C3CC3)cc(C(=O)N3CCNC[C@H]3C)c2c1.Cl.Cl. The van der Waals surface area contributed by atoms with Gasteiger partial charge < -0.3 is 10.2 Å². The minimum absolute atomic E-state index is 0. The number of benzene rings is 1. The number of hydrogen-bond donors (Lipinski definition) is 1. The van der Waals surface area contributed by atoms with Gasteiger partial charge in [-0.15, -0.1) is 24.8 Å². The van der Waals surface area contributed by atoms with Gasteiger partial charge in [-0.1, -0.05) is 11.6 Å². The zero-order valence-electron chi connectivity index (χ0n) is 14.6. The predicted molar refractivity (Wildman–Crippen MR) is 106 cm³/mol. The van der Waals surface area contributed by atoms with Crippen LogP contribution in [0.4, 0.5) is 0 Å². The molecule has 2 aliphatic rings. The Hall–Kier alpha value is -1.36. The lowest BCUT2D eigenvalue weighted by Crippen LogP contribution is -2.52. The topological polar surface area (TPSA) is 45.2 Å². The summed E-state index contributed by atoms with van der Waals surface area (Å²) in [6, 6.07) is 8.51. The minimum atomic E-state index is 0. The molecule has 1 saturated heterocycles. The van der Waals surface area contributed by atoms with E-state index in [0.29, 0.717) is 5.92 Å². The fourth-order valence-corrected chi connectivity index (χ4v) is 3.42. The average Bonchev–Trinajstić information content (AvgIpc) is 3.38. The van der Waals surface area contributed by atoms with Crippen LogP contribution in [-0.2, 0) is 0 Å². The summed E-state index contributed by atoms with van der Waals surface area (Å²) >= 11 is 0. The lowest BCUT2D eigenvalue weighted by molar-refractivity contribution is 0.0657. The summed E-state index contributed by atoms with van der Waals surface area (Å²) in [5.41, 5.74) is 4.04. The zero-order valence-corrected chi connectivity index (χ0v) is 16.3. The van der Waals surface area contributed by atoms with E-state index in [1.165, 1.54) is 18.4 Å². The lowest BCUT2D eigenvalue weighted by Gasteiger charge is -2.34. The third-order valence-electron chi connectivity index (χ3n) is 4.97. The maximum absolute atomic E-state index is 13.2. The Bertz CT molecular complexity index is 777. The Labute approximate surface area is 161 Å². The van der Waals surface area contributed by atoms with Crippen LogP contribution in [0.15, 0.2) is 24.3 Å². The fraction of sp³-hybridized carbons (Fsp3) is 0.474. The van der Waals surface area contributed by atoms with Crippen molar-refractivity contribution in [2.45, 2.75) is 38.6 Å². The van der Waals surface area contributed by atoms with Crippen LogP contribution in [0.2, 0.25) is 0 Å². The molecule has 4 rings (SSSR count). The van der Waals surface area contributed by atoms with Gasteiger partial charge in [0.1, 0.15) is 0 Å². The first-order valence-corrected chi connectivity index (χ1v) is 8.56. The molecule has 1 aliphatic heterocycles. The molecular weight excluding hydrogens is 357 g/mol. The van der Waals surface area contributed by atoms with Crippen molar-refractivity contribution < 1.29 is 4.79 Å². The van der Waals surface area contributed by atoms with Gasteiger partial charge in [-0.2, -0.15) is 0 Å². The van der Waals surface area contributed by atoms with Crippen molar-refractivity contribution in [2.75, 3.05) is 19.6 Å². The number of aromatic nitrogens is 1. The van der Waals surface area contributed by atoms with Crippen LogP contribution in [0.5, 0.6) is 0 Å². The van der Waals surface area contributed by atoms with Gasteiger partial charge in [-0.05, 0) is 44.9 Å². The molecular formula is C19H25Cl2N3O. The van der Waals surface area contributed by atoms with Crippen LogP contribution in [0, 0.1) is 6.92 Å². The van der Waals surface area contributed by atoms with Crippen molar-refractivity contribution in [1.29, 1.82) is 0 Å². The summed E-state index contributed by atoms with van der Waals surface area (Å²) in [5, 5.41) is 4.34. The molecule has 1 saturated carbocycles. The van der Waals surface area contributed by atoms with E-state index in [2.05, 4.69) is 43.4 Å². The molecule has 0 radical (unpaired) electrons. The third-order valence-corrected chi connectivity index (χ3v) is 4.97. The molecule has 2 aromatic rings. The first kappa shape index (κ1) is 20.0. The van der Waals surface area contributed by atoms with Gasteiger partial charge in [-0.25, -0.2) is 0 Å². The van der Waals surface area contributed by atoms with E-state index in [0.717, 1.165) is 41.8 Å². The Morgan fingerprint density at radius 1 is 1.24 bits per heavy atom. The standard InChI is InChI=1S/C19H23N3O.2ClH/c1-12-3-6-17-15(9-12)16(10-18(21-17)14-4-5-14)19(23)22-8-7-20-11-13(22)2;;/h3,6,9-10,13-14,20H,4-5,7-8,11H2,1-2H3;2*1H/t13-;;/m1../s1. The first-order valence-electron chi connectivity index (χ1n) is 8.56. The smallest absolute Gasteiger partial charge is 0.254 e. The Morgan fingerprint density at radius 2 is 2.00 bits per heavy atom. The van der Waals surface area contributed by atoms with E-state index in [1.807, 2.05) is 4.90 Å². The van der Waals surface area contributed by atoms with Gasteiger partial charge in [0.05, 0.1) is 11.1 Å². The van der Waals surface area contributed by atoms with Crippen molar-refractivity contribution >= 4 is 41.6 Å². The molecule has 4 nitrogen and oxygen atoms in total. The van der Waals surface area contributed by atoms with Crippen molar-refractivity contribution in [1.82, 2.24) is 15.2 Å². The Morgan fingerprint density at radius 3 is 2.68 bits per heavy atom. The second-order valence-electron chi connectivity index (χ2n) is 6.94. The van der Waals surface area contributed by atoms with Crippen molar-refractivity contribution in [3.8, 4) is 0 Å². The maximum Gasteiger partial charge on any atom is 0.254 e. The van der Waals surface area contributed by atoms with Crippen LogP contribution < -0.4 is 5.32 Å². The normalized spacial score (nSPS) is 19.9. The van der Waals surface area contributed by atoms with E-state index in [9.17, 15) is 4.79 Å². The summed E-state index contributed by atoms with van der Waals surface area (Å²) in [4.78, 5) is 20.0. The molecule has 6 heteroatoms. The molecule has 1 amide bonds. The monoisotopic (exact) mass is 381 g/mol. The Balaban J connectivity index is 0.00000113. The van der Waals surface area contributed by atoms with Crippen LogP contribution in [0.3, 0.4) is 0 Å². The summed E-state index contributed by atoms with van der Waals surface area (Å²) < 4.78 is 0. The number of aryl methyl sites for hydroxylation is 1. The largest absolute Gasteiger partial charge is 0.333 e. The number of amides is 1. The van der Waals surface area contributed by atoms with Crippen LogP contribution in [0.25, 0.3) is 10.9 Å². The molecule has 1 atom stereocenters. The predicted octanol–water partition coefficient (Wildman–Crippen LogP) is 3.70. The van der Waals surface area contributed by atoms with Crippen LogP contribution >= 0.6 is 24.8 Å². The van der Waals surface area contributed by atoms with E-state index in [4.69, 9.17) is 4.98 Å². The fourth-order valence-electron chi connectivity index (χ4n) is 3.42. The van der Waals surface area contributed by atoms with Gasteiger partial charge in [0.2, 0.25) is 0 Å². The molecule has 25 heavy (non-hydrogen) atoms. The number of carbonyl (C=O) groups is 1. The molecule has 0 spiro atoms. The first-order chi connectivity index (χ1) is 11.1. The van der Waals surface area contributed by atoms with Gasteiger partial charge >= 0.3 is 0 Å². The van der Waals surface area contributed by atoms with Crippen molar-refractivity contribution in [2.24, 2.45) is 0 Å². The van der Waals surface area contributed by atoms with Gasteiger partial charge in [-0.3, -0.25) is 9.78 Å². The highest BCUT2D eigenvalue weighted by Crippen LogP contribution is 2.40. The number of hydrogen-bond acceptors (Lipinski definition) is 3. The number of fused-ring (bicyclic) bond motifs is 1. The molecule has 136 valence electrons. The average molecular weight is 382 g/mol. The highest BCUT2D eigenvalue weighted by Gasteiger charge is 2.29. The molecule has 1 aromatic heterocycles. The molecule has 1 aromatic carbocycles. The maximum atomic E-state index is 13.2. The number of piperazine rings is 1. The zero-order chi connectivity index (χ0) is 16.0. The van der Waals surface area contributed by atoms with Gasteiger partial charge in [0.15, 0.2) is 0 Å². The van der Waals surface area contributed by atoms with Crippen molar-refractivity contribution in [3.05, 3.63) is 41.1 Å². The molecule has 1 N–H and O–H groups in total. The summed E-state index contributed by atoms with van der Waals surface area (Å²) in [7, 11) is 0. The number of carbonyl (C=O) groups excluding carboxylic acids is 1. The van der Waals surface area contributed by atoms with E-state index < -0.39 is 0 Å². The molecule has 1 aliphatic carbocycles. The van der Waals surface area contributed by atoms with E-state index in [1.54, 1.807) is 0 Å². The molecule has 2 heterocycles. The lowest BCUT2D eigenvalue weighted by atomic mass is 10.0. The highest BCUT2D eigenvalue weighted by molar-refractivity contribution is 6.06. The summed E-state index contributed by atoms with van der Waals surface area (Å²) in [6.07, 6.45) is 2.39. The second-order valence-corrected chi connectivity index (χ2v) is 6.94. The third kappa shape index (κ3) is 3.91. The van der Waals surface area contributed by atoms with Crippen LogP contribution in [0.1, 0.15) is 47.3 Å². The number of nitrogens with zero attached hydrogens (tertiary/aromatic N) is 2. The van der Waals surface area contributed by atoms with Gasteiger partial charge in [0, 0.05) is 42.7 Å². The molecule has 0 bridgehead atoms. The second kappa shape index (κ2) is 7.90.